The maximum absolute atomic E-state index is 9.43. The number of rotatable bonds is 2. The molecule has 0 aromatic heterocycles. The SMILES string of the molecule is CSOS(=O)(=O)[O-].[Na+]. The summed E-state index contributed by atoms with van der Waals surface area (Å²) in [5.74, 6) is 0. The first-order chi connectivity index (χ1) is 3.06. The van der Waals surface area contributed by atoms with Gasteiger partial charge in [-0.2, -0.15) is 0 Å². The van der Waals surface area contributed by atoms with Crippen molar-refractivity contribution >= 4 is 22.4 Å². The maximum Gasteiger partial charge on any atom is 1.00 e. The summed E-state index contributed by atoms with van der Waals surface area (Å²) in [4.78, 5) is 0. The molecule has 0 aliphatic carbocycles. The normalized spacial score (nSPS) is 10.2. The zero-order valence-corrected chi connectivity index (χ0v) is 8.08. The van der Waals surface area contributed by atoms with Crippen molar-refractivity contribution in [2.24, 2.45) is 0 Å². The average molecular weight is 166 g/mol. The van der Waals surface area contributed by atoms with Gasteiger partial charge in [0.15, 0.2) is 0 Å². The Morgan fingerprint density at radius 1 is 1.62 bits per heavy atom. The Morgan fingerprint density at radius 2 is 2.00 bits per heavy atom. The molecule has 0 bridgehead atoms. The van der Waals surface area contributed by atoms with Gasteiger partial charge < -0.3 is 4.55 Å². The van der Waals surface area contributed by atoms with Gasteiger partial charge in [0, 0.05) is 18.3 Å². The van der Waals surface area contributed by atoms with Crippen molar-refractivity contribution in [1.29, 1.82) is 0 Å². The van der Waals surface area contributed by atoms with E-state index < -0.39 is 10.4 Å². The van der Waals surface area contributed by atoms with Crippen LogP contribution in [0.15, 0.2) is 0 Å². The van der Waals surface area contributed by atoms with Gasteiger partial charge in [-0.15, -0.1) is 0 Å². The van der Waals surface area contributed by atoms with Gasteiger partial charge in [0.25, 0.3) is 0 Å². The van der Waals surface area contributed by atoms with Crippen LogP contribution in [0.3, 0.4) is 0 Å². The molecular weight excluding hydrogens is 163 g/mol. The first-order valence-corrected chi connectivity index (χ1v) is 3.72. The van der Waals surface area contributed by atoms with E-state index in [0.717, 1.165) is 0 Å². The minimum Gasteiger partial charge on any atom is -0.725 e. The van der Waals surface area contributed by atoms with Crippen molar-refractivity contribution in [3.05, 3.63) is 0 Å². The molecule has 0 aromatic rings. The van der Waals surface area contributed by atoms with Gasteiger partial charge >= 0.3 is 29.6 Å². The van der Waals surface area contributed by atoms with Crippen LogP contribution < -0.4 is 29.6 Å². The van der Waals surface area contributed by atoms with Crippen molar-refractivity contribution in [1.82, 2.24) is 0 Å². The van der Waals surface area contributed by atoms with Crippen LogP contribution in [0.1, 0.15) is 0 Å². The second-order valence-electron chi connectivity index (χ2n) is 0.643. The van der Waals surface area contributed by atoms with Gasteiger partial charge in [-0.3, -0.25) is 0 Å². The molecule has 44 valence electrons. The van der Waals surface area contributed by atoms with Gasteiger partial charge in [-0.05, 0) is 0 Å². The van der Waals surface area contributed by atoms with Crippen molar-refractivity contribution in [3.63, 3.8) is 0 Å². The predicted molar refractivity (Wildman–Crippen MR) is 24.3 cm³/mol. The van der Waals surface area contributed by atoms with Gasteiger partial charge in [0.05, 0.1) is 0 Å². The van der Waals surface area contributed by atoms with E-state index in [4.69, 9.17) is 0 Å². The largest absolute Gasteiger partial charge is 1.00 e. The van der Waals surface area contributed by atoms with Crippen LogP contribution in [-0.4, -0.2) is 19.2 Å². The molecule has 0 aliphatic heterocycles. The van der Waals surface area contributed by atoms with Gasteiger partial charge in [0.1, 0.15) is 0 Å². The average Bonchev–Trinajstić information content (AvgIpc) is 1.30. The monoisotopic (exact) mass is 166 g/mol. The third-order valence-electron chi connectivity index (χ3n) is 0.151. The van der Waals surface area contributed by atoms with E-state index in [1.54, 1.807) is 0 Å². The Morgan fingerprint density at radius 3 is 2.00 bits per heavy atom. The van der Waals surface area contributed by atoms with E-state index in [9.17, 15) is 13.0 Å². The molecule has 0 aliphatic rings. The summed E-state index contributed by atoms with van der Waals surface area (Å²) in [7, 11) is -4.46. The minimum atomic E-state index is -4.46. The second-order valence-corrected chi connectivity index (χ2v) is 2.34. The van der Waals surface area contributed by atoms with Crippen LogP contribution in [0.4, 0.5) is 0 Å². The number of hydrogen-bond acceptors (Lipinski definition) is 5. The summed E-state index contributed by atoms with van der Waals surface area (Å²) in [5.41, 5.74) is 0. The van der Waals surface area contributed by atoms with Gasteiger partial charge in [-0.1, -0.05) is 0 Å². The van der Waals surface area contributed by atoms with E-state index in [-0.39, 0.29) is 29.6 Å². The van der Waals surface area contributed by atoms with Crippen molar-refractivity contribution in [2.45, 2.75) is 0 Å². The summed E-state index contributed by atoms with van der Waals surface area (Å²) in [6, 6.07) is 0. The Balaban J connectivity index is 0. The van der Waals surface area contributed by atoms with Crippen LogP contribution in [0, 0.1) is 0 Å². The molecule has 0 rings (SSSR count). The molecule has 0 saturated heterocycles. The molecule has 0 fully saturated rings. The van der Waals surface area contributed by atoms with Crippen LogP contribution >= 0.6 is 12.0 Å². The summed E-state index contributed by atoms with van der Waals surface area (Å²) >= 11 is 0.508. The molecule has 0 radical (unpaired) electrons. The maximum atomic E-state index is 9.43. The summed E-state index contributed by atoms with van der Waals surface area (Å²) in [5, 5.41) is 0. The number of hydrogen-bond donors (Lipinski definition) is 0. The fourth-order valence-corrected chi connectivity index (χ4v) is 0.750. The van der Waals surface area contributed by atoms with Crippen molar-refractivity contribution in [2.75, 3.05) is 6.26 Å². The summed E-state index contributed by atoms with van der Waals surface area (Å²) in [6.45, 7) is 0. The Kier molecular flexibility index (Phi) is 7.53. The molecule has 0 unspecified atom stereocenters. The standard InChI is InChI=1S/CH4O4S2.Na/c1-6-5-7(2,3)4;/h1H3,(H,2,3,4);/q;+1/p-1. The Labute approximate surface area is 74.4 Å². The Hall–Kier alpha value is 1.22. The van der Waals surface area contributed by atoms with Crippen LogP contribution in [0.25, 0.3) is 0 Å². The molecule has 0 N–H and O–H groups in total. The van der Waals surface area contributed by atoms with Crippen molar-refractivity contribution in [3.8, 4) is 0 Å². The van der Waals surface area contributed by atoms with Gasteiger partial charge in [-0.25, -0.2) is 12.0 Å². The molecule has 4 nitrogen and oxygen atoms in total. The zero-order chi connectivity index (χ0) is 5.91. The molecule has 0 amide bonds. The molecule has 0 atom stereocenters. The van der Waals surface area contributed by atoms with Crippen LogP contribution in [-0.2, 0) is 14.0 Å². The summed E-state index contributed by atoms with van der Waals surface area (Å²) in [6.07, 6.45) is 1.34. The fourth-order valence-electron chi connectivity index (χ4n) is 0.0833. The molecule has 0 saturated carbocycles. The Bertz CT molecular complexity index is 127. The smallest absolute Gasteiger partial charge is 0.725 e. The van der Waals surface area contributed by atoms with Crippen molar-refractivity contribution < 1.29 is 46.2 Å². The second kappa shape index (κ2) is 5.04. The van der Waals surface area contributed by atoms with Crippen LogP contribution in [0.2, 0.25) is 0 Å². The fraction of sp³-hybridized carbons (Fsp3) is 1.00. The molecule has 8 heavy (non-hydrogen) atoms. The quantitative estimate of drug-likeness (QED) is 0.186. The van der Waals surface area contributed by atoms with Crippen LogP contribution in [0.5, 0.6) is 0 Å². The first-order valence-electron chi connectivity index (χ1n) is 1.24. The zero-order valence-electron chi connectivity index (χ0n) is 4.45. The molecular formula is CH3NaO4S2. The van der Waals surface area contributed by atoms with Gasteiger partial charge in [0.2, 0.25) is 10.4 Å². The van der Waals surface area contributed by atoms with E-state index >= 15 is 0 Å². The van der Waals surface area contributed by atoms with E-state index in [0.29, 0.717) is 12.0 Å². The molecule has 7 heteroatoms. The minimum absolute atomic E-state index is 0. The van der Waals surface area contributed by atoms with E-state index in [1.807, 2.05) is 0 Å². The molecule has 0 heterocycles. The predicted octanol–water partition coefficient (Wildman–Crippen LogP) is -3.25. The molecule has 0 spiro atoms. The third kappa shape index (κ3) is 10.3. The topological polar surface area (TPSA) is 66.4 Å². The molecule has 0 aromatic carbocycles. The van der Waals surface area contributed by atoms with E-state index in [1.165, 1.54) is 6.26 Å². The third-order valence-corrected chi connectivity index (χ3v) is 1.36. The summed E-state index contributed by atoms with van der Waals surface area (Å²) < 4.78 is 31.9. The van der Waals surface area contributed by atoms with E-state index in [2.05, 4.69) is 3.63 Å². The first kappa shape index (κ1) is 12.0.